The molecule has 1 fully saturated rings. The molecule has 1 amide bonds. The van der Waals surface area contributed by atoms with E-state index in [-0.39, 0.29) is 25.1 Å². The lowest BCUT2D eigenvalue weighted by molar-refractivity contribution is -0.162. The van der Waals surface area contributed by atoms with Gasteiger partial charge in [-0.3, -0.25) is 4.79 Å². The number of esters is 1. The summed E-state index contributed by atoms with van der Waals surface area (Å²) < 4.78 is 36.4. The van der Waals surface area contributed by atoms with Crippen LogP contribution < -0.4 is 0 Å². The van der Waals surface area contributed by atoms with Gasteiger partial charge in [-0.1, -0.05) is 12.1 Å². The maximum absolute atomic E-state index is 13.5. The third-order valence-corrected chi connectivity index (χ3v) is 3.26. The van der Waals surface area contributed by atoms with Crippen LogP contribution in [0.25, 0.3) is 0 Å². The molecule has 1 atom stereocenters. The van der Waals surface area contributed by atoms with E-state index in [4.69, 9.17) is 4.74 Å². The molecule has 0 radical (unpaired) electrons. The Morgan fingerprint density at radius 3 is 2.90 bits per heavy atom. The zero-order valence-electron chi connectivity index (χ0n) is 11.5. The zero-order valence-corrected chi connectivity index (χ0v) is 11.5. The maximum atomic E-state index is 13.5. The number of benzene rings is 1. The van der Waals surface area contributed by atoms with E-state index < -0.39 is 29.6 Å². The van der Waals surface area contributed by atoms with Crippen LogP contribution >= 0.6 is 0 Å². The number of amides is 1. The Labute approximate surface area is 120 Å². The van der Waals surface area contributed by atoms with Crippen LogP contribution in [0.1, 0.15) is 5.56 Å². The average molecular weight is 299 g/mol. The minimum absolute atomic E-state index is 0.0129. The highest BCUT2D eigenvalue weighted by atomic mass is 19.2. The number of carbonyl (C=O) groups excluding carboxylic acids is 2. The Morgan fingerprint density at radius 1 is 1.43 bits per heavy atom. The SMILES string of the molecule is COC(=O)C1CN(C(=O)Cc2cccc(F)c2F)CCO1. The van der Waals surface area contributed by atoms with Crippen molar-refractivity contribution < 1.29 is 27.8 Å². The molecule has 5 nitrogen and oxygen atoms in total. The fourth-order valence-corrected chi connectivity index (χ4v) is 2.11. The van der Waals surface area contributed by atoms with Crippen LogP contribution in [0.2, 0.25) is 0 Å². The molecule has 114 valence electrons. The fourth-order valence-electron chi connectivity index (χ4n) is 2.11. The Bertz CT molecular complexity index is 550. The lowest BCUT2D eigenvalue weighted by Gasteiger charge is -2.31. The highest BCUT2D eigenvalue weighted by molar-refractivity contribution is 5.81. The third-order valence-electron chi connectivity index (χ3n) is 3.26. The Kier molecular flexibility index (Phi) is 4.85. The quantitative estimate of drug-likeness (QED) is 0.779. The second kappa shape index (κ2) is 6.62. The minimum Gasteiger partial charge on any atom is -0.467 e. The van der Waals surface area contributed by atoms with Crippen molar-refractivity contribution in [2.24, 2.45) is 0 Å². The van der Waals surface area contributed by atoms with Gasteiger partial charge in [0, 0.05) is 12.1 Å². The second-order valence-electron chi connectivity index (χ2n) is 4.61. The third kappa shape index (κ3) is 3.55. The molecule has 1 aliphatic heterocycles. The van der Waals surface area contributed by atoms with Gasteiger partial charge < -0.3 is 14.4 Å². The first-order valence-electron chi connectivity index (χ1n) is 6.43. The van der Waals surface area contributed by atoms with Crippen molar-refractivity contribution in [3.63, 3.8) is 0 Å². The summed E-state index contributed by atoms with van der Waals surface area (Å²) >= 11 is 0. The summed E-state index contributed by atoms with van der Waals surface area (Å²) in [7, 11) is 1.23. The van der Waals surface area contributed by atoms with Crippen molar-refractivity contribution in [2.75, 3.05) is 26.8 Å². The van der Waals surface area contributed by atoms with Gasteiger partial charge in [-0.15, -0.1) is 0 Å². The molecule has 0 aliphatic carbocycles. The lowest BCUT2D eigenvalue weighted by atomic mass is 10.1. The van der Waals surface area contributed by atoms with Gasteiger partial charge in [-0.25, -0.2) is 13.6 Å². The van der Waals surface area contributed by atoms with Gasteiger partial charge >= 0.3 is 5.97 Å². The summed E-state index contributed by atoms with van der Waals surface area (Å²) in [5, 5.41) is 0. The molecular formula is C14H15F2NO4. The summed E-state index contributed by atoms with van der Waals surface area (Å²) in [6, 6.07) is 3.69. The van der Waals surface area contributed by atoms with Crippen molar-refractivity contribution >= 4 is 11.9 Å². The van der Waals surface area contributed by atoms with Crippen molar-refractivity contribution in [3.8, 4) is 0 Å². The standard InChI is InChI=1S/C14H15F2NO4/c1-20-14(19)11-8-17(5-6-21-11)12(18)7-9-3-2-4-10(15)13(9)16/h2-4,11H,5-8H2,1H3. The zero-order chi connectivity index (χ0) is 15.4. The molecule has 2 rings (SSSR count). The first kappa shape index (κ1) is 15.4. The molecule has 0 aromatic heterocycles. The number of rotatable bonds is 3. The Hall–Kier alpha value is -2.02. The van der Waals surface area contributed by atoms with Crippen LogP contribution in [0.4, 0.5) is 8.78 Å². The normalized spacial score (nSPS) is 18.4. The van der Waals surface area contributed by atoms with E-state index in [0.29, 0.717) is 6.54 Å². The average Bonchev–Trinajstić information content (AvgIpc) is 2.51. The van der Waals surface area contributed by atoms with Crippen molar-refractivity contribution in [2.45, 2.75) is 12.5 Å². The van der Waals surface area contributed by atoms with Gasteiger partial charge in [0.1, 0.15) is 0 Å². The number of hydrogen-bond acceptors (Lipinski definition) is 4. The van der Waals surface area contributed by atoms with Gasteiger partial charge in [0.15, 0.2) is 17.7 Å². The van der Waals surface area contributed by atoms with Gasteiger partial charge in [0.05, 0.1) is 26.7 Å². The van der Waals surface area contributed by atoms with Crippen LogP contribution in [0.15, 0.2) is 18.2 Å². The van der Waals surface area contributed by atoms with E-state index in [1.807, 2.05) is 0 Å². The molecular weight excluding hydrogens is 284 g/mol. The van der Waals surface area contributed by atoms with E-state index in [1.54, 1.807) is 0 Å². The molecule has 21 heavy (non-hydrogen) atoms. The van der Waals surface area contributed by atoms with E-state index in [1.165, 1.54) is 24.1 Å². The monoisotopic (exact) mass is 299 g/mol. The van der Waals surface area contributed by atoms with Gasteiger partial charge in [-0.2, -0.15) is 0 Å². The molecule has 0 spiro atoms. The predicted octanol–water partition coefficient (Wildman–Crippen LogP) is 0.908. The van der Waals surface area contributed by atoms with Crippen LogP contribution in [0, 0.1) is 11.6 Å². The van der Waals surface area contributed by atoms with E-state index in [0.717, 1.165) is 6.07 Å². The van der Waals surface area contributed by atoms with Crippen LogP contribution in [-0.2, 0) is 25.5 Å². The number of carbonyl (C=O) groups is 2. The number of methoxy groups -OCH3 is 1. The van der Waals surface area contributed by atoms with Crippen molar-refractivity contribution in [1.29, 1.82) is 0 Å². The predicted molar refractivity (Wildman–Crippen MR) is 68.4 cm³/mol. The topological polar surface area (TPSA) is 55.8 Å². The molecule has 0 saturated carbocycles. The molecule has 1 unspecified atom stereocenters. The molecule has 0 bridgehead atoms. The number of ether oxygens (including phenoxy) is 2. The minimum atomic E-state index is -1.02. The summed E-state index contributed by atoms with van der Waals surface area (Å²) in [5.41, 5.74) is -0.0129. The molecule has 1 saturated heterocycles. The van der Waals surface area contributed by atoms with Crippen LogP contribution in [-0.4, -0.2) is 49.7 Å². The summed E-state index contributed by atoms with van der Waals surface area (Å²) in [5.74, 6) is -2.97. The lowest BCUT2D eigenvalue weighted by Crippen LogP contribution is -2.49. The number of hydrogen-bond donors (Lipinski definition) is 0. The fraction of sp³-hybridized carbons (Fsp3) is 0.429. The molecule has 1 aromatic rings. The Morgan fingerprint density at radius 2 is 2.19 bits per heavy atom. The summed E-state index contributed by atoms with van der Waals surface area (Å²) in [6.07, 6.45) is -1.11. The number of morpholine rings is 1. The maximum Gasteiger partial charge on any atom is 0.336 e. The second-order valence-corrected chi connectivity index (χ2v) is 4.61. The van der Waals surface area contributed by atoms with Gasteiger partial charge in [0.25, 0.3) is 0 Å². The van der Waals surface area contributed by atoms with Crippen molar-refractivity contribution in [1.82, 2.24) is 4.90 Å². The summed E-state index contributed by atoms with van der Waals surface area (Å²) in [6.45, 7) is 0.531. The first-order valence-corrected chi connectivity index (χ1v) is 6.43. The van der Waals surface area contributed by atoms with Gasteiger partial charge in [-0.05, 0) is 6.07 Å². The largest absolute Gasteiger partial charge is 0.467 e. The molecule has 1 heterocycles. The molecule has 1 aromatic carbocycles. The highest BCUT2D eigenvalue weighted by Gasteiger charge is 2.30. The molecule has 0 N–H and O–H groups in total. The van der Waals surface area contributed by atoms with Crippen LogP contribution in [0.5, 0.6) is 0 Å². The van der Waals surface area contributed by atoms with Gasteiger partial charge in [0.2, 0.25) is 5.91 Å². The summed E-state index contributed by atoms with van der Waals surface area (Å²) in [4.78, 5) is 24.9. The number of nitrogens with zero attached hydrogens (tertiary/aromatic N) is 1. The van der Waals surface area contributed by atoms with Crippen molar-refractivity contribution in [3.05, 3.63) is 35.4 Å². The number of halogens is 2. The molecule has 1 aliphatic rings. The Balaban J connectivity index is 2.03. The molecule has 7 heteroatoms. The first-order chi connectivity index (χ1) is 10.0. The van der Waals surface area contributed by atoms with Crippen LogP contribution in [0.3, 0.4) is 0 Å². The van der Waals surface area contributed by atoms with E-state index in [9.17, 15) is 18.4 Å². The van der Waals surface area contributed by atoms with E-state index >= 15 is 0 Å². The van der Waals surface area contributed by atoms with E-state index in [2.05, 4.69) is 4.74 Å². The smallest absolute Gasteiger partial charge is 0.336 e. The highest BCUT2D eigenvalue weighted by Crippen LogP contribution is 2.14.